The van der Waals surface area contributed by atoms with E-state index in [4.69, 9.17) is 0 Å². The van der Waals surface area contributed by atoms with Crippen molar-refractivity contribution in [3.05, 3.63) is 18.7 Å². The van der Waals surface area contributed by atoms with Gasteiger partial charge in [-0.1, -0.05) is 6.42 Å². The molecule has 0 N–H and O–H groups in total. The summed E-state index contributed by atoms with van der Waals surface area (Å²) in [5, 5.41) is 0. The Balaban J connectivity index is 1.29. The second-order valence-electron chi connectivity index (χ2n) is 8.40. The molecule has 142 valence electrons. The van der Waals surface area contributed by atoms with E-state index in [1.165, 1.54) is 19.3 Å². The highest BCUT2D eigenvalue weighted by atomic mass is 16.2. The van der Waals surface area contributed by atoms with E-state index in [1.54, 1.807) is 12.5 Å². The smallest absolute Gasteiger partial charge is 0.230 e. The molecule has 0 unspecified atom stereocenters. The van der Waals surface area contributed by atoms with Crippen LogP contribution >= 0.6 is 0 Å². The first kappa shape index (κ1) is 17.6. The molecule has 2 saturated heterocycles. The Labute approximate surface area is 155 Å². The average molecular weight is 358 g/mol. The van der Waals surface area contributed by atoms with Gasteiger partial charge in [-0.25, -0.2) is 4.98 Å². The summed E-state index contributed by atoms with van der Waals surface area (Å²) in [6.07, 6.45) is 13.6. The van der Waals surface area contributed by atoms with Crippen LogP contribution < -0.4 is 0 Å². The highest BCUT2D eigenvalue weighted by Gasteiger charge is 2.49. The SMILES string of the molecule is O=C(CCCn1ccnc1)N1CC[C@@]2(CCCN(CC3CCC3)C2=O)C1. The van der Waals surface area contributed by atoms with Crippen molar-refractivity contribution in [3.63, 3.8) is 0 Å². The van der Waals surface area contributed by atoms with E-state index in [0.29, 0.717) is 18.9 Å². The fourth-order valence-corrected chi connectivity index (χ4v) is 4.77. The first-order valence-corrected chi connectivity index (χ1v) is 10.2. The number of piperidine rings is 1. The Hall–Kier alpha value is -1.85. The van der Waals surface area contributed by atoms with Crippen molar-refractivity contribution in [2.24, 2.45) is 11.3 Å². The first-order chi connectivity index (χ1) is 12.7. The lowest BCUT2D eigenvalue weighted by molar-refractivity contribution is -0.147. The van der Waals surface area contributed by atoms with Gasteiger partial charge in [0.05, 0.1) is 11.7 Å². The largest absolute Gasteiger partial charge is 0.342 e. The number of carbonyl (C=O) groups excluding carboxylic acids is 2. The molecule has 1 aliphatic carbocycles. The van der Waals surface area contributed by atoms with Crippen LogP contribution in [0, 0.1) is 11.3 Å². The van der Waals surface area contributed by atoms with Crippen molar-refractivity contribution in [3.8, 4) is 0 Å². The molecular formula is C20H30N4O2. The molecule has 6 heteroatoms. The number of carbonyl (C=O) groups is 2. The molecule has 1 atom stereocenters. The molecule has 0 bridgehead atoms. The number of rotatable bonds is 6. The summed E-state index contributed by atoms with van der Waals surface area (Å²) in [5.74, 6) is 1.24. The fraction of sp³-hybridized carbons (Fsp3) is 0.750. The maximum absolute atomic E-state index is 13.1. The predicted octanol–water partition coefficient (Wildman–Crippen LogP) is 2.30. The van der Waals surface area contributed by atoms with Gasteiger partial charge in [0.15, 0.2) is 0 Å². The van der Waals surface area contributed by atoms with Gasteiger partial charge < -0.3 is 14.4 Å². The molecule has 26 heavy (non-hydrogen) atoms. The summed E-state index contributed by atoms with van der Waals surface area (Å²) in [5.41, 5.74) is -0.290. The van der Waals surface area contributed by atoms with Crippen molar-refractivity contribution in [1.82, 2.24) is 19.4 Å². The summed E-state index contributed by atoms with van der Waals surface area (Å²) in [6, 6.07) is 0. The zero-order valence-corrected chi connectivity index (χ0v) is 15.6. The zero-order chi connectivity index (χ0) is 18.0. The van der Waals surface area contributed by atoms with Crippen molar-refractivity contribution >= 4 is 11.8 Å². The Bertz CT molecular complexity index is 640. The number of amides is 2. The Morgan fingerprint density at radius 2 is 2.12 bits per heavy atom. The van der Waals surface area contributed by atoms with Gasteiger partial charge in [-0.2, -0.15) is 0 Å². The van der Waals surface area contributed by atoms with Crippen LogP contribution in [0.5, 0.6) is 0 Å². The summed E-state index contributed by atoms with van der Waals surface area (Å²) < 4.78 is 2.00. The van der Waals surface area contributed by atoms with Crippen LogP contribution in [0.1, 0.15) is 51.4 Å². The van der Waals surface area contributed by atoms with E-state index in [2.05, 4.69) is 9.88 Å². The van der Waals surface area contributed by atoms with Crippen LogP contribution in [0.25, 0.3) is 0 Å². The van der Waals surface area contributed by atoms with Crippen LogP contribution in [-0.4, -0.2) is 57.3 Å². The van der Waals surface area contributed by atoms with E-state index >= 15 is 0 Å². The second kappa shape index (κ2) is 7.41. The molecule has 2 amide bonds. The zero-order valence-electron chi connectivity index (χ0n) is 15.6. The lowest BCUT2D eigenvalue weighted by Gasteiger charge is -2.42. The van der Waals surface area contributed by atoms with Crippen LogP contribution in [0.15, 0.2) is 18.7 Å². The molecule has 6 nitrogen and oxygen atoms in total. The number of aromatic nitrogens is 2. The third kappa shape index (κ3) is 3.51. The Morgan fingerprint density at radius 1 is 1.23 bits per heavy atom. The number of nitrogens with zero attached hydrogens (tertiary/aromatic N) is 4. The number of imidazole rings is 1. The van der Waals surface area contributed by atoms with Gasteiger partial charge in [-0.05, 0) is 44.4 Å². The third-order valence-electron chi connectivity index (χ3n) is 6.60. The van der Waals surface area contributed by atoms with E-state index < -0.39 is 0 Å². The van der Waals surface area contributed by atoms with E-state index in [1.807, 2.05) is 15.7 Å². The monoisotopic (exact) mass is 358 g/mol. The molecule has 1 saturated carbocycles. The van der Waals surface area contributed by atoms with Gasteiger partial charge in [0.1, 0.15) is 0 Å². The highest BCUT2D eigenvalue weighted by Crippen LogP contribution is 2.41. The van der Waals surface area contributed by atoms with Gasteiger partial charge in [0.2, 0.25) is 11.8 Å². The van der Waals surface area contributed by atoms with E-state index in [-0.39, 0.29) is 11.3 Å². The predicted molar refractivity (Wildman–Crippen MR) is 98.2 cm³/mol. The average Bonchev–Trinajstić information content (AvgIpc) is 3.25. The number of hydrogen-bond acceptors (Lipinski definition) is 3. The molecule has 1 aromatic heterocycles. The lowest BCUT2D eigenvalue weighted by Crippen LogP contribution is -2.52. The van der Waals surface area contributed by atoms with E-state index in [9.17, 15) is 9.59 Å². The van der Waals surface area contributed by atoms with Crippen LogP contribution in [0.2, 0.25) is 0 Å². The van der Waals surface area contributed by atoms with E-state index in [0.717, 1.165) is 57.8 Å². The molecule has 1 aromatic rings. The maximum Gasteiger partial charge on any atom is 0.230 e. The minimum atomic E-state index is -0.290. The fourth-order valence-electron chi connectivity index (χ4n) is 4.77. The summed E-state index contributed by atoms with van der Waals surface area (Å²) >= 11 is 0. The topological polar surface area (TPSA) is 58.4 Å². The van der Waals surface area contributed by atoms with Gasteiger partial charge in [0, 0.05) is 51.5 Å². The number of likely N-dealkylation sites (tertiary alicyclic amines) is 2. The summed E-state index contributed by atoms with van der Waals surface area (Å²) in [6.45, 7) is 4.05. The quantitative estimate of drug-likeness (QED) is 0.784. The van der Waals surface area contributed by atoms with Crippen molar-refractivity contribution in [2.75, 3.05) is 26.2 Å². The number of hydrogen-bond donors (Lipinski definition) is 0. The van der Waals surface area contributed by atoms with Crippen molar-refractivity contribution < 1.29 is 9.59 Å². The normalized spacial score (nSPS) is 26.5. The maximum atomic E-state index is 13.1. The molecule has 0 radical (unpaired) electrons. The van der Waals surface area contributed by atoms with Crippen molar-refractivity contribution in [2.45, 2.75) is 57.9 Å². The minimum Gasteiger partial charge on any atom is -0.342 e. The summed E-state index contributed by atoms with van der Waals surface area (Å²) in [7, 11) is 0. The summed E-state index contributed by atoms with van der Waals surface area (Å²) in [4.78, 5) is 33.8. The Kier molecular flexibility index (Phi) is 5.00. The highest BCUT2D eigenvalue weighted by molar-refractivity contribution is 5.86. The molecule has 2 aliphatic heterocycles. The van der Waals surface area contributed by atoms with Gasteiger partial charge in [-0.3, -0.25) is 9.59 Å². The molecular weight excluding hydrogens is 328 g/mol. The van der Waals surface area contributed by atoms with Crippen molar-refractivity contribution in [1.29, 1.82) is 0 Å². The van der Waals surface area contributed by atoms with Crippen LogP contribution in [0.3, 0.4) is 0 Å². The first-order valence-electron chi connectivity index (χ1n) is 10.2. The van der Waals surface area contributed by atoms with Gasteiger partial charge >= 0.3 is 0 Å². The molecule has 3 aliphatic rings. The Morgan fingerprint density at radius 3 is 2.85 bits per heavy atom. The number of aryl methyl sites for hydroxylation is 1. The standard InChI is InChI=1S/C20H30N4O2/c25-18(6-2-10-22-13-9-21-16-22)24-12-8-20(15-24)7-3-11-23(19(20)26)14-17-4-1-5-17/h9,13,16-17H,1-8,10-12,14-15H2/t20-/m0/s1. The van der Waals surface area contributed by atoms with Gasteiger partial charge in [-0.15, -0.1) is 0 Å². The second-order valence-corrected chi connectivity index (χ2v) is 8.40. The third-order valence-corrected chi connectivity index (χ3v) is 6.60. The molecule has 3 heterocycles. The van der Waals surface area contributed by atoms with Crippen LogP contribution in [-0.2, 0) is 16.1 Å². The molecule has 4 rings (SSSR count). The molecule has 1 spiro atoms. The van der Waals surface area contributed by atoms with Crippen LogP contribution in [0.4, 0.5) is 0 Å². The molecule has 0 aromatic carbocycles. The lowest BCUT2D eigenvalue weighted by atomic mass is 9.77. The minimum absolute atomic E-state index is 0.200. The molecule has 3 fully saturated rings. The van der Waals surface area contributed by atoms with Gasteiger partial charge in [0.25, 0.3) is 0 Å².